The predicted octanol–water partition coefficient (Wildman–Crippen LogP) is 1.87. The largest absolute Gasteiger partial charge is 0.383 e. The third-order valence-corrected chi connectivity index (χ3v) is 3.33. The van der Waals surface area contributed by atoms with Gasteiger partial charge in [-0.15, -0.1) is 0 Å². The fourth-order valence-corrected chi connectivity index (χ4v) is 2.34. The van der Waals surface area contributed by atoms with Gasteiger partial charge in [0.05, 0.1) is 41.8 Å². The summed E-state index contributed by atoms with van der Waals surface area (Å²) >= 11 is 3.41. The molecule has 1 atom stereocenters. The maximum atomic E-state index is 13.2. The Morgan fingerprint density at radius 3 is 2.95 bits per heavy atom. The first-order valence-corrected chi connectivity index (χ1v) is 6.49. The molecule has 0 radical (unpaired) electrons. The molecule has 5 nitrogen and oxygen atoms in total. The van der Waals surface area contributed by atoms with E-state index in [-0.39, 0.29) is 0 Å². The summed E-state index contributed by atoms with van der Waals surface area (Å²) in [6.07, 6.45) is 4.36. The highest BCUT2D eigenvalue weighted by molar-refractivity contribution is 9.10. The lowest BCUT2D eigenvalue weighted by Crippen LogP contribution is -2.19. The highest BCUT2D eigenvalue weighted by atomic mass is 79.9. The van der Waals surface area contributed by atoms with Gasteiger partial charge in [-0.25, -0.2) is 4.39 Å². The number of halogens is 2. The maximum Gasteiger partial charge on any atom is 0.141 e. The van der Waals surface area contributed by atoms with Crippen LogP contribution < -0.4 is 5.73 Å². The van der Waals surface area contributed by atoms with Crippen LogP contribution in [0.2, 0.25) is 0 Å². The molecule has 102 valence electrons. The van der Waals surface area contributed by atoms with Crippen molar-refractivity contribution in [1.29, 1.82) is 0 Å². The summed E-state index contributed by atoms with van der Waals surface area (Å²) in [4.78, 5) is 3.81. The first-order chi connectivity index (χ1) is 9.13. The zero-order valence-corrected chi connectivity index (χ0v) is 12.0. The molecule has 2 rings (SSSR count). The van der Waals surface area contributed by atoms with Crippen LogP contribution in [0.5, 0.6) is 0 Å². The molecule has 0 aliphatic carbocycles. The minimum absolute atomic E-state index is 0.410. The van der Waals surface area contributed by atoms with Crippen LogP contribution in [-0.2, 0) is 11.3 Å². The fraction of sp³-hybridized carbons (Fsp3) is 0.333. The second kappa shape index (κ2) is 6.23. The van der Waals surface area contributed by atoms with Gasteiger partial charge >= 0.3 is 0 Å². The molecule has 2 heterocycles. The molecule has 0 aliphatic rings. The monoisotopic (exact) mass is 328 g/mol. The molecule has 0 bridgehead atoms. The molecule has 0 fully saturated rings. The number of hydrogen-bond acceptors (Lipinski definition) is 4. The standard InChI is InChI=1S/C12H14BrFN4O/c1-19-3-2-18-12(10(13)7-17-18)11(15)8-4-9(14)6-16-5-8/h4-7,11H,2-3,15H2,1H3. The van der Waals surface area contributed by atoms with Gasteiger partial charge in [-0.3, -0.25) is 9.67 Å². The minimum Gasteiger partial charge on any atom is -0.383 e. The van der Waals surface area contributed by atoms with Gasteiger partial charge < -0.3 is 10.5 Å². The summed E-state index contributed by atoms with van der Waals surface area (Å²) in [5.41, 5.74) is 7.53. The Bertz CT molecular complexity index is 560. The maximum absolute atomic E-state index is 13.2. The van der Waals surface area contributed by atoms with Crippen LogP contribution in [0.15, 0.2) is 29.1 Å². The number of hydrogen-bond donors (Lipinski definition) is 1. The lowest BCUT2D eigenvalue weighted by atomic mass is 10.1. The number of nitrogens with zero attached hydrogens (tertiary/aromatic N) is 3. The summed E-state index contributed by atoms with van der Waals surface area (Å²) in [5, 5.41) is 4.22. The van der Waals surface area contributed by atoms with Crippen molar-refractivity contribution in [2.45, 2.75) is 12.6 Å². The van der Waals surface area contributed by atoms with E-state index in [1.807, 2.05) is 0 Å². The summed E-state index contributed by atoms with van der Waals surface area (Å²) in [6.45, 7) is 1.10. The second-order valence-corrected chi connectivity index (χ2v) is 4.86. The zero-order valence-electron chi connectivity index (χ0n) is 10.4. The van der Waals surface area contributed by atoms with Crippen LogP contribution in [0.3, 0.4) is 0 Å². The molecule has 0 aliphatic heterocycles. The Kier molecular flexibility index (Phi) is 4.62. The van der Waals surface area contributed by atoms with E-state index < -0.39 is 11.9 Å². The number of nitrogens with two attached hydrogens (primary N) is 1. The van der Waals surface area contributed by atoms with Crippen LogP contribution in [0.25, 0.3) is 0 Å². The molecule has 0 spiro atoms. The third-order valence-electron chi connectivity index (χ3n) is 2.72. The van der Waals surface area contributed by atoms with Gasteiger partial charge in [0, 0.05) is 13.3 Å². The average Bonchev–Trinajstić information content (AvgIpc) is 2.76. The van der Waals surface area contributed by atoms with E-state index in [1.54, 1.807) is 24.2 Å². The van der Waals surface area contributed by atoms with Crippen LogP contribution >= 0.6 is 15.9 Å². The van der Waals surface area contributed by atoms with Gasteiger partial charge in [-0.1, -0.05) is 0 Å². The molecular formula is C12H14BrFN4O. The van der Waals surface area contributed by atoms with Crippen molar-refractivity contribution in [1.82, 2.24) is 14.8 Å². The Morgan fingerprint density at radius 2 is 2.26 bits per heavy atom. The molecule has 7 heteroatoms. The van der Waals surface area contributed by atoms with Crippen LogP contribution in [-0.4, -0.2) is 28.5 Å². The van der Waals surface area contributed by atoms with Gasteiger partial charge in [0.25, 0.3) is 0 Å². The Balaban J connectivity index is 2.32. The Hall–Kier alpha value is -1.31. The first kappa shape index (κ1) is 14.1. The fourth-order valence-electron chi connectivity index (χ4n) is 1.79. The smallest absolute Gasteiger partial charge is 0.141 e. The van der Waals surface area contributed by atoms with Crippen LogP contribution in [0.1, 0.15) is 17.3 Å². The quantitative estimate of drug-likeness (QED) is 0.910. The summed E-state index contributed by atoms with van der Waals surface area (Å²) in [7, 11) is 1.62. The van der Waals surface area contributed by atoms with Gasteiger partial charge in [0.2, 0.25) is 0 Å². The summed E-state index contributed by atoms with van der Waals surface area (Å²) in [5.74, 6) is -0.410. The van der Waals surface area contributed by atoms with Gasteiger partial charge in [0.1, 0.15) is 5.82 Å². The van der Waals surface area contributed by atoms with E-state index in [4.69, 9.17) is 10.5 Å². The van der Waals surface area contributed by atoms with E-state index in [9.17, 15) is 4.39 Å². The summed E-state index contributed by atoms with van der Waals surface area (Å²) in [6, 6.07) is 0.870. The van der Waals surface area contributed by atoms with Crippen LogP contribution in [0, 0.1) is 5.82 Å². The van der Waals surface area contributed by atoms with Gasteiger partial charge in [-0.2, -0.15) is 5.10 Å². The highest BCUT2D eigenvalue weighted by Gasteiger charge is 2.19. The van der Waals surface area contributed by atoms with Crippen molar-refractivity contribution in [3.8, 4) is 0 Å². The molecule has 1 unspecified atom stereocenters. The van der Waals surface area contributed by atoms with Gasteiger partial charge in [0.15, 0.2) is 0 Å². The Labute approximate surface area is 118 Å². The molecule has 0 aromatic carbocycles. The first-order valence-electron chi connectivity index (χ1n) is 5.69. The molecule has 0 saturated carbocycles. The highest BCUT2D eigenvalue weighted by Crippen LogP contribution is 2.26. The lowest BCUT2D eigenvalue weighted by Gasteiger charge is -2.15. The molecule has 19 heavy (non-hydrogen) atoms. The van der Waals surface area contributed by atoms with Gasteiger partial charge in [-0.05, 0) is 27.6 Å². The third kappa shape index (κ3) is 3.17. The normalized spacial score (nSPS) is 12.6. The number of pyridine rings is 1. The van der Waals surface area contributed by atoms with Crippen molar-refractivity contribution in [2.24, 2.45) is 5.73 Å². The molecule has 2 aromatic heterocycles. The average molecular weight is 329 g/mol. The van der Waals surface area contributed by atoms with Crippen molar-refractivity contribution in [3.05, 3.63) is 46.2 Å². The van der Waals surface area contributed by atoms with Crippen molar-refractivity contribution in [2.75, 3.05) is 13.7 Å². The molecule has 0 saturated heterocycles. The lowest BCUT2D eigenvalue weighted by molar-refractivity contribution is 0.182. The van der Waals surface area contributed by atoms with E-state index >= 15 is 0 Å². The molecule has 0 amide bonds. The van der Waals surface area contributed by atoms with E-state index in [1.165, 1.54) is 6.07 Å². The topological polar surface area (TPSA) is 66.0 Å². The van der Waals surface area contributed by atoms with E-state index in [0.29, 0.717) is 18.7 Å². The van der Waals surface area contributed by atoms with Crippen molar-refractivity contribution >= 4 is 15.9 Å². The number of rotatable bonds is 5. The number of methoxy groups -OCH3 is 1. The predicted molar refractivity (Wildman–Crippen MR) is 72.0 cm³/mol. The van der Waals surface area contributed by atoms with Crippen molar-refractivity contribution < 1.29 is 9.13 Å². The second-order valence-electron chi connectivity index (χ2n) is 4.01. The van der Waals surface area contributed by atoms with Crippen molar-refractivity contribution in [3.63, 3.8) is 0 Å². The molecule has 2 aromatic rings. The molecule has 2 N–H and O–H groups in total. The SMILES string of the molecule is COCCn1ncc(Br)c1C(N)c1cncc(F)c1. The van der Waals surface area contributed by atoms with Crippen LogP contribution in [0.4, 0.5) is 4.39 Å². The number of ether oxygens (including phenoxy) is 1. The Morgan fingerprint density at radius 1 is 1.47 bits per heavy atom. The zero-order chi connectivity index (χ0) is 13.8. The molecular weight excluding hydrogens is 315 g/mol. The van der Waals surface area contributed by atoms with E-state index in [0.717, 1.165) is 16.4 Å². The number of aromatic nitrogens is 3. The minimum atomic E-state index is -0.503. The summed E-state index contributed by atoms with van der Waals surface area (Å²) < 4.78 is 20.7. The van der Waals surface area contributed by atoms with E-state index in [2.05, 4.69) is 26.0 Å².